The molecule has 2 unspecified atom stereocenters. The van der Waals surface area contributed by atoms with Crippen LogP contribution < -0.4 is 0 Å². The maximum atomic E-state index is 2.68. The molecule has 0 aliphatic rings. The summed E-state index contributed by atoms with van der Waals surface area (Å²) >= 11 is 0. The normalized spacial score (nSPS) is 10.0. The molecule has 0 aromatic heterocycles. The average molecular weight is 105 g/mol. The lowest BCUT2D eigenvalue weighted by Gasteiger charge is -1.78. The highest BCUT2D eigenvalue weighted by Gasteiger charge is 1.70. The predicted octanol–water partition coefficient (Wildman–Crippen LogP) is 1.16. The van der Waals surface area contributed by atoms with Crippen LogP contribution >= 0.6 is 17.7 Å². The van der Waals surface area contributed by atoms with E-state index in [4.69, 9.17) is 0 Å². The largest absolute Gasteiger partial charge is 0.159 e. The molecule has 1 radical (unpaired) electrons. The van der Waals surface area contributed by atoms with E-state index in [0.29, 0.717) is 0 Å². The van der Waals surface area contributed by atoms with Gasteiger partial charge in [0, 0.05) is 0 Å². The number of hydrogen-bond acceptors (Lipinski definition) is 0. The Kier molecular flexibility index (Phi) is 5.84. The van der Waals surface area contributed by atoms with Gasteiger partial charge in [0.05, 0.1) is 0 Å². The number of hydrogen-bond donors (Lipinski definition) is 0. The Morgan fingerprint density at radius 3 is 2.60 bits per heavy atom. The fourth-order valence-electron chi connectivity index (χ4n) is 0.118. The van der Waals surface area contributed by atoms with Crippen molar-refractivity contribution >= 4 is 24.7 Å². The summed E-state index contributed by atoms with van der Waals surface area (Å²) in [5.41, 5.74) is 0. The van der Waals surface area contributed by atoms with Crippen LogP contribution in [-0.4, -0.2) is 12.9 Å². The first-order chi connectivity index (χ1) is 2.41. The average Bonchev–Trinajstić information content (AvgIpc) is 1.41. The second-order valence-corrected chi connectivity index (χ2v) is 3.32. The van der Waals surface area contributed by atoms with Gasteiger partial charge in [-0.2, -0.15) is 8.46 Å². The van der Waals surface area contributed by atoms with Gasteiger partial charge in [0.2, 0.25) is 0 Å². The van der Waals surface area contributed by atoms with Gasteiger partial charge in [-0.15, -0.1) is 9.24 Å². The van der Waals surface area contributed by atoms with E-state index in [-0.39, 0.29) is 0 Å². The molecule has 0 aromatic rings. The van der Waals surface area contributed by atoms with Gasteiger partial charge in [-0.25, -0.2) is 0 Å². The van der Waals surface area contributed by atoms with Crippen LogP contribution in [0, 0.1) is 0 Å². The van der Waals surface area contributed by atoms with Gasteiger partial charge < -0.3 is 0 Å². The second kappa shape index (κ2) is 4.92. The van der Waals surface area contributed by atoms with Crippen LogP contribution in [0.25, 0.3) is 0 Å². The highest BCUT2D eigenvalue weighted by Crippen LogP contribution is 2.07. The van der Waals surface area contributed by atoms with E-state index in [1.54, 1.807) is 0 Å². The fraction of sp³-hybridized carbons (Fsp3) is 1.00. The van der Waals surface area contributed by atoms with Crippen molar-refractivity contribution in [3.05, 3.63) is 0 Å². The molecule has 0 aromatic carbocycles. The molecular weight excluding hydrogens is 96.8 g/mol. The zero-order valence-electron chi connectivity index (χ0n) is 3.36. The van der Waals surface area contributed by atoms with Crippen molar-refractivity contribution in [2.75, 3.05) is 5.90 Å². The molecule has 0 spiro atoms. The summed E-state index contributed by atoms with van der Waals surface area (Å²) in [6.07, 6.45) is 0. The molecule has 0 nitrogen and oxygen atoms in total. The van der Waals surface area contributed by atoms with Gasteiger partial charge in [-0.1, -0.05) is 6.82 Å². The lowest BCUT2D eigenvalue weighted by molar-refractivity contribution is 2.27. The summed E-state index contributed by atoms with van der Waals surface area (Å²) in [5.74, 6) is 1.23. The molecule has 0 N–H and O–H groups in total. The molecule has 0 aliphatic heterocycles. The van der Waals surface area contributed by atoms with E-state index in [1.165, 1.54) is 5.90 Å². The van der Waals surface area contributed by atoms with Crippen LogP contribution in [0.2, 0.25) is 6.82 Å². The van der Waals surface area contributed by atoms with Gasteiger partial charge >= 0.3 is 0 Å². The topological polar surface area (TPSA) is 0 Å². The Morgan fingerprint density at radius 1 is 2.00 bits per heavy atom. The van der Waals surface area contributed by atoms with Gasteiger partial charge in [0.1, 0.15) is 7.00 Å². The third kappa shape index (κ3) is 4.92. The zero-order chi connectivity index (χ0) is 4.12. The molecule has 0 heterocycles. The molecular formula is C2H8BP2. The highest BCUT2D eigenvalue weighted by molar-refractivity contribution is 7.74. The molecule has 0 saturated carbocycles. The molecule has 29 valence electrons. The molecule has 0 aliphatic carbocycles. The minimum atomic E-state index is 1.04. The fourth-order valence-corrected chi connectivity index (χ4v) is 1.06. The van der Waals surface area contributed by atoms with Crippen molar-refractivity contribution in [1.82, 2.24) is 0 Å². The third-order valence-electron chi connectivity index (χ3n) is 0.322. The summed E-state index contributed by atoms with van der Waals surface area (Å²) in [5, 5.41) is 0. The Bertz CT molecular complexity index is 15.1. The lowest BCUT2D eigenvalue weighted by Crippen LogP contribution is -1.61. The minimum Gasteiger partial charge on any atom is -0.159 e. The standard InChI is InChI=1S/C2H8BP2/c1-3-5-2-4/h5H,2,4H2,1H3. The Labute approximate surface area is 38.3 Å². The highest BCUT2D eigenvalue weighted by atomic mass is 31.1. The smallest absolute Gasteiger partial charge is 0.139 e. The minimum absolute atomic E-state index is 1.04. The van der Waals surface area contributed by atoms with Crippen LogP contribution in [0.1, 0.15) is 0 Å². The first kappa shape index (κ1) is 5.92. The van der Waals surface area contributed by atoms with Gasteiger partial charge in [0.25, 0.3) is 0 Å². The summed E-state index contributed by atoms with van der Waals surface area (Å²) in [6.45, 7) is 4.27. The zero-order valence-corrected chi connectivity index (χ0v) is 5.52. The molecule has 5 heavy (non-hydrogen) atoms. The van der Waals surface area contributed by atoms with Crippen molar-refractivity contribution in [3.63, 3.8) is 0 Å². The van der Waals surface area contributed by atoms with Crippen molar-refractivity contribution in [2.24, 2.45) is 0 Å². The molecule has 0 fully saturated rings. The SMILES string of the molecule is C[B]PCP. The molecule has 0 saturated heterocycles. The Hall–Kier alpha value is 0.925. The molecule has 0 amide bonds. The Balaban J connectivity index is 2.19. The van der Waals surface area contributed by atoms with Crippen molar-refractivity contribution in [1.29, 1.82) is 0 Å². The van der Waals surface area contributed by atoms with Crippen molar-refractivity contribution < 1.29 is 0 Å². The first-order valence-corrected chi connectivity index (χ1v) is 3.73. The van der Waals surface area contributed by atoms with Crippen LogP contribution in [0.5, 0.6) is 0 Å². The summed E-state index contributed by atoms with van der Waals surface area (Å²) < 4.78 is 0. The summed E-state index contributed by atoms with van der Waals surface area (Å²) in [7, 11) is 3.72. The maximum absolute atomic E-state index is 2.68. The number of rotatable bonds is 2. The molecule has 2 atom stereocenters. The lowest BCUT2D eigenvalue weighted by atomic mass is 10.2. The predicted molar refractivity (Wildman–Crippen MR) is 34.5 cm³/mol. The molecule has 3 heteroatoms. The van der Waals surface area contributed by atoms with E-state index < -0.39 is 0 Å². The third-order valence-corrected chi connectivity index (χ3v) is 1.67. The molecule has 0 rings (SSSR count). The second-order valence-electron chi connectivity index (χ2n) is 0.697. The van der Waals surface area contributed by atoms with Gasteiger partial charge in [-0.05, 0) is 5.90 Å². The van der Waals surface area contributed by atoms with E-state index in [0.717, 1.165) is 8.46 Å². The van der Waals surface area contributed by atoms with Gasteiger partial charge in [0.15, 0.2) is 0 Å². The van der Waals surface area contributed by atoms with Gasteiger partial charge in [-0.3, -0.25) is 0 Å². The maximum Gasteiger partial charge on any atom is 0.139 e. The first-order valence-electron chi connectivity index (χ1n) is 1.63. The van der Waals surface area contributed by atoms with E-state index >= 15 is 0 Å². The van der Waals surface area contributed by atoms with Crippen LogP contribution in [0.4, 0.5) is 0 Å². The summed E-state index contributed by atoms with van der Waals surface area (Å²) in [4.78, 5) is 0. The van der Waals surface area contributed by atoms with Crippen molar-refractivity contribution in [2.45, 2.75) is 6.82 Å². The monoisotopic (exact) mass is 105 g/mol. The summed E-state index contributed by atoms with van der Waals surface area (Å²) in [6, 6.07) is 0. The van der Waals surface area contributed by atoms with Crippen molar-refractivity contribution in [3.8, 4) is 0 Å². The molecule has 0 bridgehead atoms. The van der Waals surface area contributed by atoms with E-state index in [9.17, 15) is 0 Å². The quantitative estimate of drug-likeness (QED) is 0.365. The van der Waals surface area contributed by atoms with Crippen LogP contribution in [-0.2, 0) is 0 Å². The van der Waals surface area contributed by atoms with E-state index in [2.05, 4.69) is 23.1 Å². The van der Waals surface area contributed by atoms with Crippen LogP contribution in [0.3, 0.4) is 0 Å². The van der Waals surface area contributed by atoms with E-state index in [1.807, 2.05) is 0 Å². The van der Waals surface area contributed by atoms with Crippen LogP contribution in [0.15, 0.2) is 0 Å². The Morgan fingerprint density at radius 2 is 2.60 bits per heavy atom.